The summed E-state index contributed by atoms with van der Waals surface area (Å²) in [7, 11) is 1.61. The lowest BCUT2D eigenvalue weighted by molar-refractivity contribution is 0.809. The number of hydrogen-bond acceptors (Lipinski definition) is 4. The molecule has 5 rings (SSSR count). The normalized spacial score (nSPS) is 11.6. The number of rotatable bonds is 3. The van der Waals surface area contributed by atoms with Gasteiger partial charge in [0.1, 0.15) is 0 Å². The number of aromatic nitrogens is 6. The molecule has 9 heteroatoms. The maximum Gasteiger partial charge on any atom is 0.329 e. The van der Waals surface area contributed by atoms with Crippen molar-refractivity contribution in [3.63, 3.8) is 0 Å². The molecule has 0 spiro atoms. The number of nitrogens with one attached hydrogen (secondary N) is 1. The highest BCUT2D eigenvalue weighted by Crippen LogP contribution is 2.25. The van der Waals surface area contributed by atoms with Crippen LogP contribution in [0.25, 0.3) is 28.3 Å². The SMILES string of the molecule is Cc1ccc(-c2nnc3n(Cc4cccc(Cl)c4)c4c(=O)[nH]c(=O)n(C)c4n23)cc1. The van der Waals surface area contributed by atoms with Crippen molar-refractivity contribution in [2.75, 3.05) is 0 Å². The van der Waals surface area contributed by atoms with Gasteiger partial charge >= 0.3 is 5.69 Å². The van der Waals surface area contributed by atoms with Gasteiger partial charge in [0.2, 0.25) is 5.78 Å². The van der Waals surface area contributed by atoms with Crippen LogP contribution in [0, 0.1) is 6.92 Å². The first kappa shape index (κ1) is 18.4. The van der Waals surface area contributed by atoms with Gasteiger partial charge in [0.05, 0.1) is 6.54 Å². The molecular weight excluding hydrogens is 404 g/mol. The van der Waals surface area contributed by atoms with Crippen molar-refractivity contribution in [2.24, 2.45) is 7.05 Å². The van der Waals surface area contributed by atoms with Crippen LogP contribution in [0.1, 0.15) is 11.1 Å². The summed E-state index contributed by atoms with van der Waals surface area (Å²) in [6, 6.07) is 15.2. The van der Waals surface area contributed by atoms with Crippen LogP contribution < -0.4 is 11.2 Å². The fourth-order valence-corrected chi connectivity index (χ4v) is 3.91. The van der Waals surface area contributed by atoms with E-state index < -0.39 is 11.2 Å². The minimum Gasteiger partial charge on any atom is -0.298 e. The van der Waals surface area contributed by atoms with Crippen molar-refractivity contribution in [1.29, 1.82) is 0 Å². The van der Waals surface area contributed by atoms with Crippen molar-refractivity contribution in [3.8, 4) is 11.4 Å². The lowest BCUT2D eigenvalue weighted by Gasteiger charge is -2.05. The van der Waals surface area contributed by atoms with E-state index in [2.05, 4.69) is 15.2 Å². The first-order valence-electron chi connectivity index (χ1n) is 9.32. The van der Waals surface area contributed by atoms with Gasteiger partial charge in [0.15, 0.2) is 17.0 Å². The van der Waals surface area contributed by atoms with Crippen LogP contribution >= 0.6 is 11.6 Å². The molecule has 0 radical (unpaired) electrons. The first-order valence-corrected chi connectivity index (χ1v) is 9.70. The van der Waals surface area contributed by atoms with Gasteiger partial charge in [-0.05, 0) is 24.6 Å². The Morgan fingerprint density at radius 2 is 1.83 bits per heavy atom. The number of H-pyrrole nitrogens is 1. The van der Waals surface area contributed by atoms with Crippen molar-refractivity contribution in [1.82, 2.24) is 28.7 Å². The van der Waals surface area contributed by atoms with Crippen molar-refractivity contribution in [3.05, 3.63) is 85.5 Å². The number of aryl methyl sites for hydroxylation is 2. The van der Waals surface area contributed by atoms with Crippen LogP contribution in [0.4, 0.5) is 0 Å². The summed E-state index contributed by atoms with van der Waals surface area (Å²) in [6.07, 6.45) is 0. The lowest BCUT2D eigenvalue weighted by Crippen LogP contribution is -2.29. The lowest BCUT2D eigenvalue weighted by atomic mass is 10.1. The minimum atomic E-state index is -0.502. The Labute approximate surface area is 175 Å². The second kappa shape index (κ2) is 6.70. The Hall–Kier alpha value is -3.65. The van der Waals surface area contributed by atoms with Gasteiger partial charge in [0.25, 0.3) is 5.56 Å². The third-order valence-electron chi connectivity index (χ3n) is 5.18. The summed E-state index contributed by atoms with van der Waals surface area (Å²) in [5.41, 5.74) is 2.65. The third-order valence-corrected chi connectivity index (χ3v) is 5.41. The van der Waals surface area contributed by atoms with Crippen molar-refractivity contribution in [2.45, 2.75) is 13.5 Å². The molecule has 0 fully saturated rings. The maximum absolute atomic E-state index is 12.8. The third kappa shape index (κ3) is 2.76. The van der Waals surface area contributed by atoms with Crippen molar-refractivity contribution < 1.29 is 0 Å². The molecule has 0 saturated heterocycles. The fourth-order valence-electron chi connectivity index (χ4n) is 3.70. The zero-order valence-electron chi connectivity index (χ0n) is 16.3. The summed E-state index contributed by atoms with van der Waals surface area (Å²) in [4.78, 5) is 27.5. The van der Waals surface area contributed by atoms with Crippen LogP contribution in [0.5, 0.6) is 0 Å². The van der Waals surface area contributed by atoms with Crippen molar-refractivity contribution >= 4 is 28.5 Å². The standard InChI is InChI=1S/C21H17ClN6O2/c1-12-6-8-14(9-7-12)17-24-25-20-27(11-13-4-3-5-15(22)10-13)16-18(29)23-21(30)26(2)19(16)28(17)20/h3-10H,11H2,1-2H3,(H,23,29,30). The van der Waals surface area contributed by atoms with E-state index in [0.29, 0.717) is 34.3 Å². The fraction of sp³-hybridized carbons (Fsp3) is 0.143. The van der Waals surface area contributed by atoms with Crippen LogP contribution in [0.2, 0.25) is 5.02 Å². The van der Waals surface area contributed by atoms with Gasteiger partial charge in [-0.2, -0.15) is 0 Å². The maximum atomic E-state index is 12.8. The zero-order chi connectivity index (χ0) is 21.0. The molecule has 0 aliphatic heterocycles. The smallest absolute Gasteiger partial charge is 0.298 e. The van der Waals surface area contributed by atoms with Crippen LogP contribution in [-0.2, 0) is 13.6 Å². The summed E-state index contributed by atoms with van der Waals surface area (Å²) < 4.78 is 4.91. The number of nitrogens with zero attached hydrogens (tertiary/aromatic N) is 5. The van der Waals surface area contributed by atoms with Gasteiger partial charge in [-0.25, -0.2) is 9.20 Å². The highest BCUT2D eigenvalue weighted by molar-refractivity contribution is 6.30. The van der Waals surface area contributed by atoms with E-state index in [1.807, 2.05) is 49.4 Å². The minimum absolute atomic E-state index is 0.343. The predicted molar refractivity (Wildman–Crippen MR) is 115 cm³/mol. The Bertz CT molecular complexity index is 1540. The molecule has 30 heavy (non-hydrogen) atoms. The molecule has 0 amide bonds. The first-order chi connectivity index (χ1) is 14.4. The molecule has 5 aromatic rings. The molecule has 1 N–H and O–H groups in total. The van der Waals surface area contributed by atoms with Gasteiger partial charge < -0.3 is 0 Å². The summed E-state index contributed by atoms with van der Waals surface area (Å²) in [6.45, 7) is 2.35. The molecule has 8 nitrogen and oxygen atoms in total. The molecule has 2 aromatic carbocycles. The number of hydrogen-bond donors (Lipinski definition) is 1. The number of benzene rings is 2. The van der Waals surface area contributed by atoms with E-state index >= 15 is 0 Å². The van der Waals surface area contributed by atoms with E-state index in [0.717, 1.165) is 16.7 Å². The highest BCUT2D eigenvalue weighted by atomic mass is 35.5. The molecule has 0 saturated carbocycles. The topological polar surface area (TPSA) is 90.0 Å². The molecule has 0 atom stereocenters. The molecule has 0 unspecified atom stereocenters. The highest BCUT2D eigenvalue weighted by Gasteiger charge is 2.23. The monoisotopic (exact) mass is 420 g/mol. The van der Waals surface area contributed by atoms with E-state index in [-0.39, 0.29) is 0 Å². The van der Waals surface area contributed by atoms with Crippen LogP contribution in [0.3, 0.4) is 0 Å². The molecule has 0 bridgehead atoms. The average molecular weight is 421 g/mol. The Kier molecular flexibility index (Phi) is 4.11. The van der Waals surface area contributed by atoms with E-state index in [1.54, 1.807) is 22.1 Å². The number of aromatic amines is 1. The molecule has 150 valence electrons. The molecule has 3 aromatic heterocycles. The van der Waals surface area contributed by atoms with E-state index in [4.69, 9.17) is 11.6 Å². The number of fused-ring (bicyclic) bond motifs is 3. The summed E-state index contributed by atoms with van der Waals surface area (Å²) >= 11 is 6.14. The molecule has 0 aliphatic rings. The Morgan fingerprint density at radius 1 is 1.07 bits per heavy atom. The second-order valence-electron chi connectivity index (χ2n) is 7.23. The van der Waals surface area contributed by atoms with Crippen LogP contribution in [-0.4, -0.2) is 28.7 Å². The molecular formula is C21H17ClN6O2. The molecule has 3 heterocycles. The summed E-state index contributed by atoms with van der Waals surface area (Å²) in [5, 5.41) is 9.32. The Morgan fingerprint density at radius 3 is 2.57 bits per heavy atom. The second-order valence-corrected chi connectivity index (χ2v) is 7.67. The van der Waals surface area contributed by atoms with Gasteiger partial charge in [-0.15, -0.1) is 10.2 Å². The Balaban J connectivity index is 1.88. The zero-order valence-corrected chi connectivity index (χ0v) is 17.0. The number of imidazole rings is 1. The molecule has 0 aliphatic carbocycles. The quantitative estimate of drug-likeness (QED) is 0.486. The predicted octanol–water partition coefficient (Wildman–Crippen LogP) is 2.75. The summed E-state index contributed by atoms with van der Waals surface area (Å²) in [5.74, 6) is 1.02. The number of halogens is 1. The van der Waals surface area contributed by atoms with E-state index in [9.17, 15) is 9.59 Å². The van der Waals surface area contributed by atoms with E-state index in [1.165, 1.54) is 4.57 Å². The van der Waals surface area contributed by atoms with Gasteiger partial charge in [0, 0.05) is 17.6 Å². The van der Waals surface area contributed by atoms with Crippen LogP contribution in [0.15, 0.2) is 58.1 Å². The largest absolute Gasteiger partial charge is 0.329 e. The van der Waals surface area contributed by atoms with Gasteiger partial charge in [-0.3, -0.25) is 18.9 Å². The average Bonchev–Trinajstić information content (AvgIpc) is 3.26. The van der Waals surface area contributed by atoms with Gasteiger partial charge in [-0.1, -0.05) is 53.6 Å².